The van der Waals surface area contributed by atoms with Crippen molar-refractivity contribution in [2.45, 2.75) is 23.6 Å². The molecule has 3 aromatic rings. The van der Waals surface area contributed by atoms with E-state index in [0.29, 0.717) is 0 Å². The molecule has 0 fully saturated rings. The SMILES string of the molecule is CN(CC[C@@H](Oc1ccc(C(F)(F)F)cc1)c1ccccc1)S(=O)(=O)c1ccc(F)cc1. The molecule has 32 heavy (non-hydrogen) atoms. The largest absolute Gasteiger partial charge is 0.486 e. The summed E-state index contributed by atoms with van der Waals surface area (Å²) in [4.78, 5) is -0.0404. The number of alkyl halides is 3. The van der Waals surface area contributed by atoms with E-state index in [-0.39, 0.29) is 23.6 Å². The topological polar surface area (TPSA) is 46.6 Å². The highest BCUT2D eigenvalue weighted by atomic mass is 32.2. The van der Waals surface area contributed by atoms with Gasteiger partial charge in [0.15, 0.2) is 0 Å². The molecule has 0 unspecified atom stereocenters. The molecule has 0 N–H and O–H groups in total. The van der Waals surface area contributed by atoms with Gasteiger partial charge in [-0.2, -0.15) is 13.2 Å². The second kappa shape index (κ2) is 9.70. The summed E-state index contributed by atoms with van der Waals surface area (Å²) in [5, 5.41) is 0. The lowest BCUT2D eigenvalue weighted by molar-refractivity contribution is -0.137. The molecule has 0 radical (unpaired) electrons. The van der Waals surface area contributed by atoms with E-state index in [2.05, 4.69) is 0 Å². The summed E-state index contributed by atoms with van der Waals surface area (Å²) in [6.45, 7) is 0.0694. The molecule has 3 rings (SSSR count). The standard InChI is InChI=1S/C23H21F4NO3S/c1-28(32(29,30)21-13-9-19(24)10-14-21)16-15-22(17-5-3-2-4-6-17)31-20-11-7-18(8-12-20)23(25,26)27/h2-14,22H,15-16H2,1H3/t22-/m1/s1. The average molecular weight is 467 g/mol. The lowest BCUT2D eigenvalue weighted by Gasteiger charge is -2.23. The first-order valence-corrected chi connectivity index (χ1v) is 11.1. The Balaban J connectivity index is 1.76. The van der Waals surface area contributed by atoms with Gasteiger partial charge in [0.2, 0.25) is 10.0 Å². The van der Waals surface area contributed by atoms with Crippen LogP contribution in [0.25, 0.3) is 0 Å². The molecule has 0 aliphatic carbocycles. The third-order valence-corrected chi connectivity index (χ3v) is 6.73. The van der Waals surface area contributed by atoms with Crippen LogP contribution in [-0.4, -0.2) is 26.3 Å². The number of hydrogen-bond acceptors (Lipinski definition) is 3. The van der Waals surface area contributed by atoms with E-state index in [1.807, 2.05) is 6.07 Å². The second-order valence-corrected chi connectivity index (χ2v) is 9.15. The number of hydrogen-bond donors (Lipinski definition) is 0. The molecule has 1 atom stereocenters. The van der Waals surface area contributed by atoms with Gasteiger partial charge in [0.05, 0.1) is 10.5 Å². The molecule has 3 aromatic carbocycles. The molecular weight excluding hydrogens is 446 g/mol. The first-order valence-electron chi connectivity index (χ1n) is 9.68. The Kier molecular flexibility index (Phi) is 7.20. The lowest BCUT2D eigenvalue weighted by atomic mass is 10.1. The Bertz CT molecular complexity index is 1120. The molecule has 0 aromatic heterocycles. The summed E-state index contributed by atoms with van der Waals surface area (Å²) >= 11 is 0. The minimum absolute atomic E-state index is 0.0404. The molecule has 0 saturated heterocycles. The van der Waals surface area contributed by atoms with Gasteiger partial charge in [0, 0.05) is 20.0 Å². The van der Waals surface area contributed by atoms with Crippen molar-refractivity contribution in [3.63, 3.8) is 0 Å². The third kappa shape index (κ3) is 5.86. The summed E-state index contributed by atoms with van der Waals surface area (Å²) in [6, 6.07) is 17.8. The maximum atomic E-state index is 13.1. The normalized spacial score (nSPS) is 13.2. The van der Waals surface area contributed by atoms with Gasteiger partial charge in [0.25, 0.3) is 0 Å². The number of nitrogens with zero attached hydrogens (tertiary/aromatic N) is 1. The van der Waals surface area contributed by atoms with E-state index in [4.69, 9.17) is 4.74 Å². The monoisotopic (exact) mass is 467 g/mol. The number of benzene rings is 3. The molecule has 0 heterocycles. The zero-order valence-corrected chi connectivity index (χ0v) is 17.9. The Labute approximate surface area is 184 Å². The Morgan fingerprint density at radius 3 is 2.06 bits per heavy atom. The van der Waals surface area contributed by atoms with Gasteiger partial charge in [-0.05, 0) is 54.1 Å². The highest BCUT2D eigenvalue weighted by Gasteiger charge is 2.30. The van der Waals surface area contributed by atoms with Gasteiger partial charge < -0.3 is 4.74 Å². The number of ether oxygens (including phenoxy) is 1. The van der Waals surface area contributed by atoms with Gasteiger partial charge in [-0.1, -0.05) is 30.3 Å². The molecule has 0 saturated carbocycles. The predicted molar refractivity (Wildman–Crippen MR) is 112 cm³/mol. The zero-order valence-electron chi connectivity index (χ0n) is 17.1. The van der Waals surface area contributed by atoms with Crippen LogP contribution in [0.2, 0.25) is 0 Å². The number of sulfonamides is 1. The van der Waals surface area contributed by atoms with Crippen molar-refractivity contribution in [2.75, 3.05) is 13.6 Å². The van der Waals surface area contributed by atoms with Crippen LogP contribution in [0, 0.1) is 5.82 Å². The molecule has 4 nitrogen and oxygen atoms in total. The van der Waals surface area contributed by atoms with E-state index in [1.54, 1.807) is 24.3 Å². The molecule has 9 heteroatoms. The number of halogens is 4. The van der Waals surface area contributed by atoms with Crippen LogP contribution >= 0.6 is 0 Å². The summed E-state index contributed by atoms with van der Waals surface area (Å²) in [7, 11) is -2.44. The van der Waals surface area contributed by atoms with Crippen molar-refractivity contribution < 1.29 is 30.7 Å². The van der Waals surface area contributed by atoms with Gasteiger partial charge in [-0.15, -0.1) is 0 Å². The Hall–Kier alpha value is -2.91. The summed E-state index contributed by atoms with van der Waals surface area (Å²) in [6.07, 6.45) is -4.81. The molecular formula is C23H21F4NO3S. The van der Waals surface area contributed by atoms with E-state index < -0.39 is 33.7 Å². The van der Waals surface area contributed by atoms with Gasteiger partial charge in [0.1, 0.15) is 17.7 Å². The molecule has 0 aliphatic rings. The van der Waals surface area contributed by atoms with Crippen LogP contribution in [0.3, 0.4) is 0 Å². The van der Waals surface area contributed by atoms with Gasteiger partial charge in [-0.25, -0.2) is 17.1 Å². The summed E-state index contributed by atoms with van der Waals surface area (Å²) in [5.41, 5.74) is -0.0359. The van der Waals surface area contributed by atoms with Crippen LogP contribution < -0.4 is 4.74 Å². The van der Waals surface area contributed by atoms with E-state index in [9.17, 15) is 26.0 Å². The van der Waals surface area contributed by atoms with Crippen molar-refractivity contribution in [1.82, 2.24) is 4.31 Å². The highest BCUT2D eigenvalue weighted by molar-refractivity contribution is 7.89. The number of rotatable bonds is 8. The van der Waals surface area contributed by atoms with Crippen molar-refractivity contribution in [1.29, 1.82) is 0 Å². The van der Waals surface area contributed by atoms with Crippen molar-refractivity contribution in [2.24, 2.45) is 0 Å². The average Bonchev–Trinajstić information content (AvgIpc) is 2.77. The maximum Gasteiger partial charge on any atom is 0.416 e. The van der Waals surface area contributed by atoms with Crippen molar-refractivity contribution in [3.8, 4) is 5.75 Å². The van der Waals surface area contributed by atoms with Gasteiger partial charge >= 0.3 is 6.18 Å². The summed E-state index contributed by atoms with van der Waals surface area (Å²) in [5.74, 6) is -0.309. The first-order chi connectivity index (χ1) is 15.1. The van der Waals surface area contributed by atoms with Gasteiger partial charge in [-0.3, -0.25) is 0 Å². The van der Waals surface area contributed by atoms with Crippen molar-refractivity contribution >= 4 is 10.0 Å². The maximum absolute atomic E-state index is 13.1. The van der Waals surface area contributed by atoms with Crippen LogP contribution in [0.4, 0.5) is 17.6 Å². The minimum atomic E-state index is -4.45. The summed E-state index contributed by atoms with van der Waals surface area (Å²) < 4.78 is 84.1. The molecule has 170 valence electrons. The van der Waals surface area contributed by atoms with Crippen LogP contribution in [-0.2, 0) is 16.2 Å². The fourth-order valence-corrected chi connectivity index (χ4v) is 4.24. The lowest BCUT2D eigenvalue weighted by Crippen LogP contribution is -2.29. The zero-order chi connectivity index (χ0) is 23.4. The van der Waals surface area contributed by atoms with E-state index in [0.717, 1.165) is 34.1 Å². The van der Waals surface area contributed by atoms with Crippen LogP contribution in [0.5, 0.6) is 5.75 Å². The first kappa shape index (κ1) is 23.7. The quantitative estimate of drug-likeness (QED) is 0.401. The van der Waals surface area contributed by atoms with Crippen molar-refractivity contribution in [3.05, 3.63) is 95.8 Å². The minimum Gasteiger partial charge on any atom is -0.486 e. The van der Waals surface area contributed by atoms with Crippen LogP contribution in [0.1, 0.15) is 23.7 Å². The molecule has 0 spiro atoms. The molecule has 0 aliphatic heterocycles. The Morgan fingerprint density at radius 1 is 0.906 bits per heavy atom. The Morgan fingerprint density at radius 2 is 1.50 bits per heavy atom. The fourth-order valence-electron chi connectivity index (χ4n) is 3.05. The van der Waals surface area contributed by atoms with Crippen LogP contribution in [0.15, 0.2) is 83.8 Å². The molecule has 0 bridgehead atoms. The van der Waals surface area contributed by atoms with E-state index >= 15 is 0 Å². The predicted octanol–water partition coefficient (Wildman–Crippen LogP) is 5.68. The fraction of sp³-hybridized carbons (Fsp3) is 0.217. The molecule has 0 amide bonds. The van der Waals surface area contributed by atoms with E-state index in [1.165, 1.54) is 31.3 Å². The third-order valence-electron chi connectivity index (χ3n) is 4.86. The highest BCUT2D eigenvalue weighted by Crippen LogP contribution is 2.32. The smallest absolute Gasteiger partial charge is 0.416 e. The second-order valence-electron chi connectivity index (χ2n) is 7.11.